The lowest BCUT2D eigenvalue weighted by atomic mass is 9.99. The monoisotopic (exact) mass is 605 g/mol. The zero-order valence-electron chi connectivity index (χ0n) is 26.4. The molecule has 1 atom stereocenters. The highest BCUT2D eigenvalue weighted by Gasteiger charge is 2.45. The van der Waals surface area contributed by atoms with Crippen LogP contribution in [0.4, 0.5) is 11.5 Å². The second kappa shape index (κ2) is 12.3. The van der Waals surface area contributed by atoms with Crippen LogP contribution in [0.15, 0.2) is 49.1 Å². The molecule has 4 heterocycles. The fraction of sp³-hybridized carbons (Fsp3) is 0.500. The molecule has 1 aromatic heterocycles. The number of rotatable bonds is 9. The fourth-order valence-corrected chi connectivity index (χ4v) is 7.58. The molecular formula is C36H43N7O2. The number of ether oxygens (including phenoxy) is 1. The van der Waals surface area contributed by atoms with Crippen LogP contribution in [0.25, 0.3) is 10.8 Å². The van der Waals surface area contributed by atoms with Gasteiger partial charge in [0.15, 0.2) is 0 Å². The number of aryl methyl sites for hydroxylation is 1. The molecule has 3 fully saturated rings. The summed E-state index contributed by atoms with van der Waals surface area (Å²) in [5, 5.41) is 12.1. The smallest absolute Gasteiger partial charge is 0.318 e. The first-order valence-corrected chi connectivity index (χ1v) is 16.5. The summed E-state index contributed by atoms with van der Waals surface area (Å²) in [6.45, 7) is 13.2. The average molecular weight is 606 g/mol. The van der Waals surface area contributed by atoms with E-state index in [1.165, 1.54) is 66.9 Å². The number of carbonyl (C=O) groups is 1. The van der Waals surface area contributed by atoms with E-state index in [9.17, 15) is 10.1 Å². The number of hydrogen-bond donors (Lipinski definition) is 0. The number of nitriles is 1. The fourth-order valence-electron chi connectivity index (χ4n) is 7.58. The van der Waals surface area contributed by atoms with E-state index in [0.717, 1.165) is 36.6 Å². The lowest BCUT2D eigenvalue weighted by Crippen LogP contribution is -2.55. The number of anilines is 2. The van der Waals surface area contributed by atoms with Crippen molar-refractivity contribution >= 4 is 28.2 Å². The number of carbonyl (C=O) groups excluding carboxylic acids is 1. The lowest BCUT2D eigenvalue weighted by molar-refractivity contribution is -0.128. The molecule has 9 nitrogen and oxygen atoms in total. The van der Waals surface area contributed by atoms with Gasteiger partial charge in [-0.05, 0) is 75.2 Å². The van der Waals surface area contributed by atoms with E-state index < -0.39 is 0 Å². The Morgan fingerprint density at radius 1 is 1.09 bits per heavy atom. The second-order valence-electron chi connectivity index (χ2n) is 13.3. The Balaban J connectivity index is 1.20. The van der Waals surface area contributed by atoms with Crippen LogP contribution in [0.3, 0.4) is 0 Å². The molecule has 1 aliphatic carbocycles. The van der Waals surface area contributed by atoms with Crippen molar-refractivity contribution in [3.05, 3.63) is 65.9 Å². The zero-order chi connectivity index (χ0) is 31.0. The van der Waals surface area contributed by atoms with Gasteiger partial charge in [-0.25, -0.2) is 0 Å². The zero-order valence-corrected chi connectivity index (χ0v) is 26.4. The van der Waals surface area contributed by atoms with Crippen molar-refractivity contribution in [3.63, 3.8) is 0 Å². The summed E-state index contributed by atoms with van der Waals surface area (Å²) in [6, 6.07) is 15.5. The first-order valence-electron chi connectivity index (χ1n) is 16.5. The second-order valence-corrected chi connectivity index (χ2v) is 13.3. The number of aromatic nitrogens is 2. The normalized spacial score (nSPS) is 21.0. The predicted octanol–water partition coefficient (Wildman–Crippen LogP) is 4.87. The molecule has 1 unspecified atom stereocenters. The number of likely N-dealkylation sites (tertiary alicyclic amines) is 1. The third kappa shape index (κ3) is 5.96. The summed E-state index contributed by atoms with van der Waals surface area (Å²) in [5.74, 6) is 0.763. The van der Waals surface area contributed by atoms with Gasteiger partial charge in [-0.2, -0.15) is 15.2 Å². The Bertz CT molecular complexity index is 1630. The minimum atomic E-state index is -0.224. The topological polar surface area (TPSA) is 88.8 Å². The van der Waals surface area contributed by atoms with Crippen LogP contribution in [0, 0.1) is 23.7 Å². The number of benzene rings is 2. The van der Waals surface area contributed by atoms with Crippen molar-refractivity contribution in [2.24, 2.45) is 5.41 Å². The van der Waals surface area contributed by atoms with E-state index in [4.69, 9.17) is 14.7 Å². The number of hydrogen-bond acceptors (Lipinski definition) is 8. The van der Waals surface area contributed by atoms with E-state index in [-0.39, 0.29) is 23.8 Å². The van der Waals surface area contributed by atoms with Crippen LogP contribution in [-0.2, 0) is 17.8 Å². The molecule has 9 heteroatoms. The van der Waals surface area contributed by atoms with E-state index in [1.54, 1.807) is 4.90 Å². The maximum absolute atomic E-state index is 12.6. The minimum absolute atomic E-state index is 0.127. The molecule has 7 rings (SSSR count). The van der Waals surface area contributed by atoms with E-state index in [0.29, 0.717) is 38.8 Å². The van der Waals surface area contributed by atoms with Crippen molar-refractivity contribution in [2.45, 2.75) is 58.0 Å². The summed E-state index contributed by atoms with van der Waals surface area (Å²) < 4.78 is 6.50. The molecule has 0 spiro atoms. The van der Waals surface area contributed by atoms with Gasteiger partial charge in [0.25, 0.3) is 0 Å². The molecule has 0 N–H and O–H groups in total. The molecule has 1 saturated carbocycles. The molecule has 2 saturated heterocycles. The molecular weight excluding hydrogens is 562 g/mol. The minimum Gasteiger partial charge on any atom is -0.463 e. The van der Waals surface area contributed by atoms with Crippen molar-refractivity contribution < 1.29 is 9.53 Å². The molecule has 0 bridgehead atoms. The third-order valence-corrected chi connectivity index (χ3v) is 10.2. The van der Waals surface area contributed by atoms with Crippen molar-refractivity contribution in [2.75, 3.05) is 62.2 Å². The number of amides is 1. The van der Waals surface area contributed by atoms with Gasteiger partial charge in [0.05, 0.1) is 37.4 Å². The van der Waals surface area contributed by atoms with Crippen LogP contribution < -0.4 is 14.5 Å². The van der Waals surface area contributed by atoms with Gasteiger partial charge in [0.1, 0.15) is 5.82 Å². The quantitative estimate of drug-likeness (QED) is 0.319. The van der Waals surface area contributed by atoms with Gasteiger partial charge >= 0.3 is 6.01 Å². The summed E-state index contributed by atoms with van der Waals surface area (Å²) in [6.07, 6.45) is 7.37. The maximum Gasteiger partial charge on any atom is 0.318 e. The summed E-state index contributed by atoms with van der Waals surface area (Å²) in [5.41, 5.74) is 4.84. The van der Waals surface area contributed by atoms with E-state index in [2.05, 4.69) is 70.7 Å². The Kier molecular flexibility index (Phi) is 8.09. The number of piperazine rings is 1. The molecule has 0 radical (unpaired) electrons. The average Bonchev–Trinajstić information content (AvgIpc) is 3.64. The molecule has 3 aromatic rings. The van der Waals surface area contributed by atoms with Crippen LogP contribution >= 0.6 is 0 Å². The summed E-state index contributed by atoms with van der Waals surface area (Å²) in [4.78, 5) is 31.8. The highest BCUT2D eigenvalue weighted by molar-refractivity contribution is 5.97. The lowest BCUT2D eigenvalue weighted by Gasteiger charge is -2.42. The Hall–Kier alpha value is -4.16. The highest BCUT2D eigenvalue weighted by atomic mass is 16.5. The Morgan fingerprint density at radius 3 is 2.64 bits per heavy atom. The van der Waals surface area contributed by atoms with Gasteiger partial charge in [0, 0.05) is 54.8 Å². The SMILES string of the molecule is C=CC(=O)N1CCN(c2nc(OCC3(CN4CCCC4)CC3)nc3c2CCN(c2cccc4cccc(C)c24)C3)CC1CC#N. The van der Waals surface area contributed by atoms with Crippen LogP contribution in [0.2, 0.25) is 0 Å². The number of fused-ring (bicyclic) bond motifs is 2. The number of nitrogens with zero attached hydrogens (tertiary/aromatic N) is 7. The van der Waals surface area contributed by atoms with Gasteiger partial charge in [-0.3, -0.25) is 4.79 Å². The Labute approximate surface area is 266 Å². The van der Waals surface area contributed by atoms with E-state index >= 15 is 0 Å². The first-order chi connectivity index (χ1) is 22.0. The predicted molar refractivity (Wildman–Crippen MR) is 176 cm³/mol. The molecule has 234 valence electrons. The van der Waals surface area contributed by atoms with Gasteiger partial charge in [-0.15, -0.1) is 0 Å². The van der Waals surface area contributed by atoms with E-state index in [1.807, 2.05) is 0 Å². The standard InChI is InChI=1S/C36H43N7O2/c1-3-32(44)43-21-20-42(22-28(43)12-16-37)34-29-13-19-41(31-11-7-10-27-9-6-8-26(2)33(27)31)23-30(29)38-35(39-34)45-25-36(14-15-36)24-40-17-4-5-18-40/h3,6-11,28H,1,4-5,12-15,17-25H2,2H3. The molecule has 45 heavy (non-hydrogen) atoms. The molecule has 3 aliphatic heterocycles. The van der Waals surface area contributed by atoms with Gasteiger partial charge < -0.3 is 24.3 Å². The van der Waals surface area contributed by atoms with Crippen molar-refractivity contribution in [1.82, 2.24) is 19.8 Å². The summed E-state index contributed by atoms with van der Waals surface area (Å²) >= 11 is 0. The van der Waals surface area contributed by atoms with Crippen LogP contribution in [0.1, 0.15) is 48.9 Å². The van der Waals surface area contributed by atoms with Gasteiger partial charge in [0.2, 0.25) is 5.91 Å². The van der Waals surface area contributed by atoms with Gasteiger partial charge in [-0.1, -0.05) is 36.9 Å². The maximum atomic E-state index is 12.6. The van der Waals surface area contributed by atoms with Crippen LogP contribution in [0.5, 0.6) is 6.01 Å². The van der Waals surface area contributed by atoms with Crippen LogP contribution in [-0.4, -0.2) is 84.1 Å². The largest absolute Gasteiger partial charge is 0.463 e. The summed E-state index contributed by atoms with van der Waals surface area (Å²) in [7, 11) is 0. The first kappa shape index (κ1) is 29.5. The van der Waals surface area contributed by atoms with Crippen molar-refractivity contribution in [3.8, 4) is 12.1 Å². The Morgan fingerprint density at radius 2 is 1.89 bits per heavy atom. The molecule has 1 amide bonds. The van der Waals surface area contributed by atoms with Crippen molar-refractivity contribution in [1.29, 1.82) is 5.26 Å². The molecule has 2 aromatic carbocycles. The highest BCUT2D eigenvalue weighted by Crippen LogP contribution is 2.47. The third-order valence-electron chi connectivity index (χ3n) is 10.2. The molecule has 4 aliphatic rings.